The van der Waals surface area contributed by atoms with Crippen molar-refractivity contribution >= 4 is 41.4 Å². The number of carboxylic acids is 1. The molecule has 4 heterocycles. The van der Waals surface area contributed by atoms with Gasteiger partial charge in [-0.1, -0.05) is 58.0 Å². The van der Waals surface area contributed by atoms with E-state index in [-0.39, 0.29) is 55.5 Å². The molecule has 6 amide bonds. The first-order valence-electron chi connectivity index (χ1n) is 20.6. The van der Waals surface area contributed by atoms with Gasteiger partial charge in [0.15, 0.2) is 0 Å². The van der Waals surface area contributed by atoms with Crippen LogP contribution in [0.25, 0.3) is 0 Å². The first-order chi connectivity index (χ1) is 26.7. The van der Waals surface area contributed by atoms with E-state index >= 15 is 0 Å². The van der Waals surface area contributed by atoms with Gasteiger partial charge in [-0.05, 0) is 88.2 Å². The van der Waals surface area contributed by atoms with Crippen LogP contribution in [-0.2, 0) is 40.0 Å². The normalized spacial score (nSPS) is 23.9. The summed E-state index contributed by atoms with van der Waals surface area (Å²) in [5.41, 5.74) is 0.783. The SMILES string of the molecule is CC(C)C[C@H](NC(=O)[C@@H]1CCCN1C(=O)[C@H](CC(C)C)NC(=O)[C@H](Cc1ccccc1)NC(=O)[C@@H]1CCCN1C(=O)[C@@H]1CCCN1C(=O)[C@@H]1CCCN1)C(=O)O. The molecule has 15 heteroatoms. The van der Waals surface area contributed by atoms with E-state index in [4.69, 9.17) is 0 Å². The van der Waals surface area contributed by atoms with Crippen molar-refractivity contribution in [3.63, 3.8) is 0 Å². The second-order valence-corrected chi connectivity index (χ2v) is 16.7. The van der Waals surface area contributed by atoms with Crippen LogP contribution in [0.1, 0.15) is 97.5 Å². The van der Waals surface area contributed by atoms with Crippen molar-refractivity contribution in [3.05, 3.63) is 35.9 Å². The maximum Gasteiger partial charge on any atom is 0.326 e. The fourth-order valence-electron chi connectivity index (χ4n) is 8.63. The Kier molecular flexibility index (Phi) is 14.9. The Bertz CT molecular complexity index is 1580. The Morgan fingerprint density at radius 2 is 1.20 bits per heavy atom. The van der Waals surface area contributed by atoms with Crippen molar-refractivity contribution in [2.24, 2.45) is 11.8 Å². The Morgan fingerprint density at radius 1 is 0.661 bits per heavy atom. The van der Waals surface area contributed by atoms with Gasteiger partial charge in [0, 0.05) is 26.1 Å². The average molecular weight is 780 g/mol. The zero-order valence-corrected chi connectivity index (χ0v) is 33.3. The smallest absolute Gasteiger partial charge is 0.326 e. The fourth-order valence-corrected chi connectivity index (χ4v) is 8.63. The Hall–Kier alpha value is -4.53. The number of carbonyl (C=O) groups is 7. The van der Waals surface area contributed by atoms with Crippen molar-refractivity contribution in [2.75, 3.05) is 26.2 Å². The van der Waals surface area contributed by atoms with E-state index in [1.165, 1.54) is 4.90 Å². The van der Waals surface area contributed by atoms with Crippen molar-refractivity contribution in [3.8, 4) is 0 Å². The molecule has 4 fully saturated rings. The summed E-state index contributed by atoms with van der Waals surface area (Å²) in [5, 5.41) is 21.4. The van der Waals surface area contributed by atoms with Gasteiger partial charge >= 0.3 is 5.97 Å². The van der Waals surface area contributed by atoms with E-state index < -0.39 is 65.8 Å². The van der Waals surface area contributed by atoms with Gasteiger partial charge < -0.3 is 41.1 Å². The molecule has 0 saturated carbocycles. The van der Waals surface area contributed by atoms with Gasteiger partial charge in [-0.2, -0.15) is 0 Å². The number of rotatable bonds is 16. The van der Waals surface area contributed by atoms with Crippen LogP contribution in [0.3, 0.4) is 0 Å². The Morgan fingerprint density at radius 3 is 1.77 bits per heavy atom. The van der Waals surface area contributed by atoms with Crippen LogP contribution in [0, 0.1) is 11.8 Å². The lowest BCUT2D eigenvalue weighted by Crippen LogP contribution is -2.59. The molecule has 0 spiro atoms. The largest absolute Gasteiger partial charge is 0.480 e. The monoisotopic (exact) mass is 779 g/mol. The minimum absolute atomic E-state index is 0.0201. The van der Waals surface area contributed by atoms with E-state index in [0.29, 0.717) is 51.6 Å². The first kappa shape index (κ1) is 42.6. The Balaban J connectivity index is 1.30. The van der Waals surface area contributed by atoms with Gasteiger partial charge in [-0.3, -0.25) is 28.8 Å². The van der Waals surface area contributed by atoms with E-state index in [0.717, 1.165) is 24.9 Å². The molecule has 4 aliphatic heterocycles. The first-order valence-corrected chi connectivity index (χ1v) is 20.6. The highest BCUT2D eigenvalue weighted by molar-refractivity contribution is 5.97. The van der Waals surface area contributed by atoms with Crippen LogP contribution in [0.5, 0.6) is 0 Å². The third kappa shape index (κ3) is 10.6. The molecule has 0 aromatic heterocycles. The van der Waals surface area contributed by atoms with E-state index in [9.17, 15) is 38.7 Å². The number of nitrogens with zero attached hydrogens (tertiary/aromatic N) is 3. The minimum Gasteiger partial charge on any atom is -0.480 e. The molecule has 0 bridgehead atoms. The third-order valence-electron chi connectivity index (χ3n) is 11.4. The Labute approximate surface area is 330 Å². The van der Waals surface area contributed by atoms with Crippen molar-refractivity contribution in [2.45, 2.75) is 141 Å². The number of likely N-dealkylation sites (tertiary alicyclic amines) is 3. The topological polar surface area (TPSA) is 198 Å². The highest BCUT2D eigenvalue weighted by Gasteiger charge is 2.45. The summed E-state index contributed by atoms with van der Waals surface area (Å²) in [6.07, 6.45) is 5.44. The molecule has 7 atom stereocenters. The van der Waals surface area contributed by atoms with Crippen molar-refractivity contribution < 1.29 is 38.7 Å². The predicted octanol–water partition coefficient (Wildman–Crippen LogP) is 1.59. The van der Waals surface area contributed by atoms with Crippen LogP contribution in [0.4, 0.5) is 0 Å². The summed E-state index contributed by atoms with van der Waals surface area (Å²) in [6, 6.07) is 3.38. The summed E-state index contributed by atoms with van der Waals surface area (Å²) in [6.45, 7) is 9.48. The summed E-state index contributed by atoms with van der Waals surface area (Å²) >= 11 is 0. The van der Waals surface area contributed by atoms with Crippen LogP contribution >= 0.6 is 0 Å². The number of amides is 6. The van der Waals surface area contributed by atoms with Gasteiger partial charge in [-0.15, -0.1) is 0 Å². The molecule has 1 aromatic carbocycles. The zero-order chi connectivity index (χ0) is 40.5. The molecule has 5 rings (SSSR count). The molecular weight excluding hydrogens is 718 g/mol. The lowest BCUT2D eigenvalue weighted by atomic mass is 10.00. The van der Waals surface area contributed by atoms with Crippen LogP contribution in [0.2, 0.25) is 0 Å². The molecule has 5 N–H and O–H groups in total. The molecule has 56 heavy (non-hydrogen) atoms. The van der Waals surface area contributed by atoms with Crippen LogP contribution in [-0.4, -0.2) is 130 Å². The highest BCUT2D eigenvalue weighted by Crippen LogP contribution is 2.27. The number of hydrogen-bond donors (Lipinski definition) is 5. The van der Waals surface area contributed by atoms with Crippen LogP contribution in [0.15, 0.2) is 30.3 Å². The van der Waals surface area contributed by atoms with E-state index in [1.54, 1.807) is 9.80 Å². The average Bonchev–Trinajstić information content (AvgIpc) is 4.00. The molecule has 0 radical (unpaired) electrons. The second kappa shape index (κ2) is 19.6. The number of nitrogens with one attached hydrogen (secondary N) is 4. The third-order valence-corrected chi connectivity index (χ3v) is 11.4. The van der Waals surface area contributed by atoms with Gasteiger partial charge in [0.25, 0.3) is 0 Å². The van der Waals surface area contributed by atoms with Crippen LogP contribution < -0.4 is 21.3 Å². The summed E-state index contributed by atoms with van der Waals surface area (Å²) in [4.78, 5) is 99.8. The number of carboxylic acid groups (broad SMARTS) is 1. The van der Waals surface area contributed by atoms with Gasteiger partial charge in [0.1, 0.15) is 36.3 Å². The molecule has 1 aromatic rings. The fraction of sp³-hybridized carbons (Fsp3) is 0.683. The molecule has 4 saturated heterocycles. The molecule has 0 aliphatic carbocycles. The minimum atomic E-state index is -1.14. The van der Waals surface area contributed by atoms with Crippen molar-refractivity contribution in [1.29, 1.82) is 0 Å². The second-order valence-electron chi connectivity index (χ2n) is 16.7. The number of benzene rings is 1. The molecular formula is C41H61N7O8. The number of aliphatic carboxylic acids is 1. The summed E-state index contributed by atoms with van der Waals surface area (Å²) in [7, 11) is 0. The molecule has 308 valence electrons. The summed E-state index contributed by atoms with van der Waals surface area (Å²) < 4.78 is 0. The molecule has 0 unspecified atom stereocenters. The van der Waals surface area contributed by atoms with Gasteiger partial charge in [-0.25, -0.2) is 4.79 Å². The lowest BCUT2D eigenvalue weighted by Gasteiger charge is -2.33. The predicted molar refractivity (Wildman–Crippen MR) is 208 cm³/mol. The maximum atomic E-state index is 14.2. The zero-order valence-electron chi connectivity index (χ0n) is 33.3. The quantitative estimate of drug-likeness (QED) is 0.166. The lowest BCUT2D eigenvalue weighted by molar-refractivity contribution is -0.147. The summed E-state index contributed by atoms with van der Waals surface area (Å²) in [5.74, 6) is -3.48. The molecule has 4 aliphatic rings. The number of hydrogen-bond acceptors (Lipinski definition) is 8. The van der Waals surface area contributed by atoms with Gasteiger partial charge in [0.2, 0.25) is 35.4 Å². The number of carbonyl (C=O) groups excluding carboxylic acids is 6. The standard InChI is InChI=1S/C41H61N7O8/c1-25(2)22-30(39(53)46-19-9-15-32(46)37(51)45-31(41(55)56)23-26(3)4)44-35(49)29(24-27-12-6-5-7-13-27)43-36(50)33-16-10-20-47(33)40(54)34-17-11-21-48(34)38(52)28-14-8-18-42-28/h5-7,12-13,25-26,28-34,42H,8-11,14-24H2,1-4H3,(H,43,50)(H,44,49)(H,45,51)(H,55,56)/t28-,29-,30-,31-,32-,33-,34-/m0/s1. The van der Waals surface area contributed by atoms with E-state index in [2.05, 4.69) is 21.3 Å². The van der Waals surface area contributed by atoms with E-state index in [1.807, 2.05) is 58.0 Å². The maximum absolute atomic E-state index is 14.2. The highest BCUT2D eigenvalue weighted by atomic mass is 16.4. The van der Waals surface area contributed by atoms with Crippen molar-refractivity contribution in [1.82, 2.24) is 36.0 Å². The molecule has 15 nitrogen and oxygen atoms in total. The van der Waals surface area contributed by atoms with Gasteiger partial charge in [0.05, 0.1) is 6.04 Å².